The van der Waals surface area contributed by atoms with Crippen LogP contribution >= 0.6 is 12.4 Å². The Kier molecular flexibility index (Phi) is 4.77. The first-order valence-corrected chi connectivity index (χ1v) is 7.57. The highest BCUT2D eigenvalue weighted by Gasteiger charge is 2.40. The van der Waals surface area contributed by atoms with Gasteiger partial charge in [-0.05, 0) is 45.4 Å². The van der Waals surface area contributed by atoms with Gasteiger partial charge in [-0.2, -0.15) is 5.10 Å². The fourth-order valence-corrected chi connectivity index (χ4v) is 3.71. The van der Waals surface area contributed by atoms with E-state index in [0.717, 1.165) is 18.4 Å². The highest BCUT2D eigenvalue weighted by molar-refractivity contribution is 5.85. The third-order valence-corrected chi connectivity index (χ3v) is 4.93. The molecular weight excluding hydrogens is 272 g/mol. The van der Waals surface area contributed by atoms with Crippen molar-refractivity contribution in [1.82, 2.24) is 14.7 Å². The SMILES string of the molecule is Cc1nn(C(C)C)cc1CN1CC2CCC(N)C2C1.Cl. The predicted octanol–water partition coefficient (Wildman–Crippen LogP) is 2.36. The van der Waals surface area contributed by atoms with E-state index >= 15 is 0 Å². The molecule has 0 aromatic carbocycles. The number of aryl methyl sites for hydroxylation is 1. The van der Waals surface area contributed by atoms with Crippen molar-refractivity contribution in [3.8, 4) is 0 Å². The molecule has 3 unspecified atom stereocenters. The van der Waals surface area contributed by atoms with Crippen molar-refractivity contribution >= 4 is 12.4 Å². The first kappa shape index (κ1) is 15.8. The second-order valence-electron chi connectivity index (χ2n) is 6.67. The van der Waals surface area contributed by atoms with Gasteiger partial charge in [0.1, 0.15) is 0 Å². The van der Waals surface area contributed by atoms with Gasteiger partial charge in [0.15, 0.2) is 0 Å². The van der Waals surface area contributed by atoms with E-state index in [4.69, 9.17) is 5.73 Å². The van der Waals surface area contributed by atoms with Crippen molar-refractivity contribution in [2.75, 3.05) is 13.1 Å². The van der Waals surface area contributed by atoms with E-state index in [1.807, 2.05) is 0 Å². The van der Waals surface area contributed by atoms with Crippen molar-refractivity contribution < 1.29 is 0 Å². The molecule has 114 valence electrons. The lowest BCUT2D eigenvalue weighted by molar-refractivity contribution is 0.297. The molecule has 1 saturated heterocycles. The molecule has 1 saturated carbocycles. The van der Waals surface area contributed by atoms with Crippen LogP contribution in [0.25, 0.3) is 0 Å². The molecule has 2 N–H and O–H groups in total. The average Bonchev–Trinajstić information content (AvgIpc) is 2.99. The third kappa shape index (κ3) is 2.87. The summed E-state index contributed by atoms with van der Waals surface area (Å²) >= 11 is 0. The van der Waals surface area contributed by atoms with Crippen molar-refractivity contribution in [1.29, 1.82) is 0 Å². The molecule has 3 atom stereocenters. The maximum Gasteiger partial charge on any atom is 0.0638 e. The summed E-state index contributed by atoms with van der Waals surface area (Å²) in [7, 11) is 0. The number of fused-ring (bicyclic) bond motifs is 1. The van der Waals surface area contributed by atoms with Crippen molar-refractivity contribution in [3.63, 3.8) is 0 Å². The van der Waals surface area contributed by atoms with Crippen LogP contribution in [-0.2, 0) is 6.54 Å². The Morgan fingerprint density at radius 1 is 1.35 bits per heavy atom. The van der Waals surface area contributed by atoms with Crippen LogP contribution in [0.2, 0.25) is 0 Å². The lowest BCUT2D eigenvalue weighted by Crippen LogP contribution is -2.30. The Morgan fingerprint density at radius 2 is 2.10 bits per heavy atom. The molecule has 2 fully saturated rings. The maximum absolute atomic E-state index is 6.21. The normalized spacial score (nSPS) is 29.8. The van der Waals surface area contributed by atoms with E-state index < -0.39 is 0 Å². The Balaban J connectivity index is 0.00000147. The number of halogens is 1. The van der Waals surface area contributed by atoms with Gasteiger partial charge in [0.25, 0.3) is 0 Å². The van der Waals surface area contributed by atoms with E-state index in [-0.39, 0.29) is 12.4 Å². The van der Waals surface area contributed by atoms with Gasteiger partial charge in [0.05, 0.1) is 5.69 Å². The maximum atomic E-state index is 6.21. The Morgan fingerprint density at radius 3 is 2.70 bits per heavy atom. The quantitative estimate of drug-likeness (QED) is 0.932. The number of rotatable bonds is 3. The summed E-state index contributed by atoms with van der Waals surface area (Å²) in [6, 6.07) is 0.883. The smallest absolute Gasteiger partial charge is 0.0638 e. The summed E-state index contributed by atoms with van der Waals surface area (Å²) in [5, 5.41) is 4.60. The molecule has 1 aromatic rings. The summed E-state index contributed by atoms with van der Waals surface area (Å²) in [5.41, 5.74) is 8.76. The number of nitrogens with two attached hydrogens (primary N) is 1. The first-order chi connectivity index (χ1) is 9.04. The van der Waals surface area contributed by atoms with Gasteiger partial charge in [0.2, 0.25) is 0 Å². The molecular formula is C15H27ClN4. The van der Waals surface area contributed by atoms with Gasteiger partial charge in [0, 0.05) is 43.5 Å². The molecule has 3 rings (SSSR count). The third-order valence-electron chi connectivity index (χ3n) is 4.93. The molecule has 2 aliphatic rings. The van der Waals surface area contributed by atoms with Gasteiger partial charge < -0.3 is 5.73 Å². The molecule has 1 aromatic heterocycles. The number of hydrogen-bond acceptors (Lipinski definition) is 3. The Labute approximate surface area is 128 Å². The summed E-state index contributed by atoms with van der Waals surface area (Å²) in [6.07, 6.45) is 4.77. The van der Waals surface area contributed by atoms with Gasteiger partial charge in [-0.3, -0.25) is 9.58 Å². The lowest BCUT2D eigenvalue weighted by atomic mass is 9.98. The first-order valence-electron chi connectivity index (χ1n) is 7.57. The Bertz CT molecular complexity index is 457. The Hall–Kier alpha value is -0.580. The summed E-state index contributed by atoms with van der Waals surface area (Å²) in [5.74, 6) is 1.58. The van der Waals surface area contributed by atoms with Gasteiger partial charge in [-0.15, -0.1) is 12.4 Å². The molecule has 0 radical (unpaired) electrons. The topological polar surface area (TPSA) is 47.1 Å². The van der Waals surface area contributed by atoms with Crippen molar-refractivity contribution in [3.05, 3.63) is 17.5 Å². The fourth-order valence-electron chi connectivity index (χ4n) is 3.71. The average molecular weight is 299 g/mol. The van der Waals surface area contributed by atoms with Gasteiger partial charge in [-0.25, -0.2) is 0 Å². The zero-order chi connectivity index (χ0) is 13.6. The number of hydrogen-bond donors (Lipinski definition) is 1. The highest BCUT2D eigenvalue weighted by atomic mass is 35.5. The largest absolute Gasteiger partial charge is 0.327 e. The van der Waals surface area contributed by atoms with Crippen molar-refractivity contribution in [2.24, 2.45) is 17.6 Å². The van der Waals surface area contributed by atoms with Gasteiger partial charge >= 0.3 is 0 Å². The highest BCUT2D eigenvalue weighted by Crippen LogP contribution is 2.37. The second kappa shape index (κ2) is 6.04. The van der Waals surface area contributed by atoms with E-state index in [1.54, 1.807) is 0 Å². The standard InChI is InChI=1S/C15H26N4.ClH/c1-10(2)19-8-13(11(3)17-19)7-18-6-12-4-5-15(16)14(12)9-18;/h8,10,12,14-15H,4-7,9,16H2,1-3H3;1H. The zero-order valence-corrected chi connectivity index (χ0v) is 13.6. The summed E-state index contributed by atoms with van der Waals surface area (Å²) in [6.45, 7) is 9.92. The molecule has 2 heterocycles. The van der Waals surface area contributed by atoms with Crippen LogP contribution in [0, 0.1) is 18.8 Å². The van der Waals surface area contributed by atoms with E-state index in [0.29, 0.717) is 12.1 Å². The summed E-state index contributed by atoms with van der Waals surface area (Å²) < 4.78 is 2.08. The molecule has 5 heteroatoms. The van der Waals surface area contributed by atoms with E-state index in [2.05, 4.69) is 41.6 Å². The van der Waals surface area contributed by atoms with Crippen LogP contribution in [-0.4, -0.2) is 33.8 Å². The number of likely N-dealkylation sites (tertiary alicyclic amines) is 1. The predicted molar refractivity (Wildman–Crippen MR) is 84.1 cm³/mol. The molecule has 1 aliphatic heterocycles. The summed E-state index contributed by atoms with van der Waals surface area (Å²) in [4.78, 5) is 2.57. The zero-order valence-electron chi connectivity index (χ0n) is 12.7. The number of nitrogens with zero attached hydrogens (tertiary/aromatic N) is 3. The fraction of sp³-hybridized carbons (Fsp3) is 0.800. The van der Waals surface area contributed by atoms with E-state index in [1.165, 1.54) is 37.2 Å². The molecule has 0 spiro atoms. The molecule has 4 nitrogen and oxygen atoms in total. The van der Waals surface area contributed by atoms with Gasteiger partial charge in [-0.1, -0.05) is 0 Å². The molecule has 1 aliphatic carbocycles. The molecule has 0 bridgehead atoms. The van der Waals surface area contributed by atoms with Crippen LogP contribution in [0.5, 0.6) is 0 Å². The minimum Gasteiger partial charge on any atom is -0.327 e. The minimum atomic E-state index is 0. The van der Waals surface area contributed by atoms with Crippen LogP contribution in [0.1, 0.15) is 44.0 Å². The van der Waals surface area contributed by atoms with E-state index in [9.17, 15) is 0 Å². The lowest BCUT2D eigenvalue weighted by Gasteiger charge is -2.17. The van der Waals surface area contributed by atoms with Crippen molar-refractivity contribution in [2.45, 2.75) is 52.2 Å². The minimum absolute atomic E-state index is 0. The van der Waals surface area contributed by atoms with Crippen LogP contribution in [0.3, 0.4) is 0 Å². The van der Waals surface area contributed by atoms with Crippen LogP contribution < -0.4 is 5.73 Å². The second-order valence-corrected chi connectivity index (χ2v) is 6.67. The number of aromatic nitrogens is 2. The monoisotopic (exact) mass is 298 g/mol. The molecule has 20 heavy (non-hydrogen) atoms. The van der Waals surface area contributed by atoms with Crippen LogP contribution in [0.15, 0.2) is 6.20 Å². The molecule has 0 amide bonds. The van der Waals surface area contributed by atoms with Crippen LogP contribution in [0.4, 0.5) is 0 Å².